The number of anilines is 1. The van der Waals surface area contributed by atoms with E-state index in [2.05, 4.69) is 4.98 Å². The molecule has 2 unspecified atom stereocenters. The van der Waals surface area contributed by atoms with Crippen LogP contribution in [-0.4, -0.2) is 47.5 Å². The summed E-state index contributed by atoms with van der Waals surface area (Å²) >= 11 is 0. The van der Waals surface area contributed by atoms with Crippen LogP contribution in [0, 0.1) is 5.82 Å². The molecule has 19 heavy (non-hydrogen) atoms. The van der Waals surface area contributed by atoms with Crippen LogP contribution in [0.3, 0.4) is 0 Å². The lowest BCUT2D eigenvalue weighted by atomic mass is 10.3. The van der Waals surface area contributed by atoms with Crippen LogP contribution in [0.25, 0.3) is 0 Å². The molecule has 0 fully saturated rings. The van der Waals surface area contributed by atoms with E-state index in [-0.39, 0.29) is 13.2 Å². The predicted octanol–water partition coefficient (Wildman–Crippen LogP) is -0.0273. The van der Waals surface area contributed by atoms with Gasteiger partial charge in [-0.2, -0.15) is 4.98 Å². The summed E-state index contributed by atoms with van der Waals surface area (Å²) in [6.07, 6.45) is 0.626. The molecule has 0 saturated carbocycles. The Labute approximate surface area is 111 Å². The molecule has 1 aromatic heterocycles. The molecule has 0 amide bonds. The van der Waals surface area contributed by atoms with Crippen molar-refractivity contribution in [2.45, 2.75) is 12.6 Å². The summed E-state index contributed by atoms with van der Waals surface area (Å²) in [6, 6.07) is 0. The number of nitrogen functional groups attached to an aromatic ring is 1. The average Bonchev–Trinajstić information content (AvgIpc) is 2.39. The van der Waals surface area contributed by atoms with Crippen LogP contribution in [0.1, 0.15) is 0 Å². The number of rotatable bonds is 7. The zero-order valence-electron chi connectivity index (χ0n) is 10.7. The van der Waals surface area contributed by atoms with Crippen LogP contribution in [0.4, 0.5) is 10.2 Å². The highest BCUT2D eigenvalue weighted by molar-refractivity contribution is 7.51. The average molecular weight is 293 g/mol. The highest BCUT2D eigenvalue weighted by atomic mass is 31.1. The van der Waals surface area contributed by atoms with E-state index in [1.807, 2.05) is 6.66 Å². The summed E-state index contributed by atoms with van der Waals surface area (Å²) in [6.45, 7) is 1.55. The first kappa shape index (κ1) is 16.0. The maximum Gasteiger partial charge on any atom is 0.349 e. The molecule has 0 spiro atoms. The molecule has 108 valence electrons. The Bertz CT molecular complexity index is 471. The SMILES string of the molecule is COP(C)COC(CO)Cn1cc(F)c(N)nc1=O. The number of hydrogen-bond donors (Lipinski definition) is 2. The third kappa shape index (κ3) is 4.83. The first-order valence-corrected chi connectivity index (χ1v) is 7.37. The molecule has 0 aliphatic carbocycles. The summed E-state index contributed by atoms with van der Waals surface area (Å²) in [5.41, 5.74) is 4.49. The Morgan fingerprint density at radius 3 is 2.95 bits per heavy atom. The van der Waals surface area contributed by atoms with Crippen LogP contribution < -0.4 is 11.4 Å². The Morgan fingerprint density at radius 1 is 1.68 bits per heavy atom. The number of ether oxygens (including phenoxy) is 1. The fraction of sp³-hybridized carbons (Fsp3) is 0.600. The number of nitrogens with zero attached hydrogens (tertiary/aromatic N) is 2. The number of aliphatic hydroxyl groups is 1. The summed E-state index contributed by atoms with van der Waals surface area (Å²) in [4.78, 5) is 14.8. The van der Waals surface area contributed by atoms with Crippen molar-refractivity contribution >= 4 is 14.0 Å². The van der Waals surface area contributed by atoms with Gasteiger partial charge in [0, 0.05) is 13.3 Å². The molecule has 0 bridgehead atoms. The third-order valence-electron chi connectivity index (χ3n) is 2.38. The molecule has 0 radical (unpaired) electrons. The predicted molar refractivity (Wildman–Crippen MR) is 69.5 cm³/mol. The molecular formula is C10H17FN3O4P. The molecule has 1 rings (SSSR count). The summed E-state index contributed by atoms with van der Waals surface area (Å²) in [7, 11) is 0.822. The molecule has 1 aromatic rings. The lowest BCUT2D eigenvalue weighted by Crippen LogP contribution is -2.32. The third-order valence-corrected chi connectivity index (χ3v) is 3.52. The Hall–Kier alpha value is -1.08. The lowest BCUT2D eigenvalue weighted by Gasteiger charge is -2.18. The van der Waals surface area contributed by atoms with E-state index in [1.54, 1.807) is 7.11 Å². The molecule has 0 aliphatic heterocycles. The first-order chi connectivity index (χ1) is 8.97. The molecule has 3 N–H and O–H groups in total. The van der Waals surface area contributed by atoms with Gasteiger partial charge < -0.3 is 20.1 Å². The lowest BCUT2D eigenvalue weighted by molar-refractivity contribution is 0.0240. The van der Waals surface area contributed by atoms with Crippen LogP contribution in [0.2, 0.25) is 0 Å². The van der Waals surface area contributed by atoms with Crippen molar-refractivity contribution in [1.29, 1.82) is 0 Å². The Morgan fingerprint density at radius 2 is 2.37 bits per heavy atom. The van der Waals surface area contributed by atoms with Gasteiger partial charge in [-0.05, 0) is 6.66 Å². The van der Waals surface area contributed by atoms with Crippen molar-refractivity contribution in [2.24, 2.45) is 0 Å². The summed E-state index contributed by atoms with van der Waals surface area (Å²) in [5.74, 6) is -1.23. The van der Waals surface area contributed by atoms with Crippen molar-refractivity contribution in [3.63, 3.8) is 0 Å². The summed E-state index contributed by atoms with van der Waals surface area (Å²) < 4.78 is 24.7. The van der Waals surface area contributed by atoms with Gasteiger partial charge in [-0.15, -0.1) is 0 Å². The molecule has 0 saturated heterocycles. The Kier molecular flexibility index (Phi) is 6.30. The van der Waals surface area contributed by atoms with Crippen molar-refractivity contribution in [3.8, 4) is 0 Å². The standard InChI is InChI=1S/C10H17FN3O4P/c1-17-19(2)6-18-7(5-15)3-14-4-8(11)9(12)13-10(14)16/h4,7,15H,3,5-6H2,1-2H3,(H2,12,13,16). The van der Waals surface area contributed by atoms with Gasteiger partial charge in [0.05, 0.1) is 33.8 Å². The van der Waals surface area contributed by atoms with E-state index >= 15 is 0 Å². The van der Waals surface area contributed by atoms with Gasteiger partial charge in [0.2, 0.25) is 0 Å². The Balaban J connectivity index is 2.70. The maximum atomic E-state index is 13.2. The van der Waals surface area contributed by atoms with E-state index in [9.17, 15) is 14.3 Å². The van der Waals surface area contributed by atoms with Gasteiger partial charge in [0.1, 0.15) is 0 Å². The molecule has 2 atom stereocenters. The maximum absolute atomic E-state index is 13.2. The van der Waals surface area contributed by atoms with Gasteiger partial charge >= 0.3 is 5.69 Å². The van der Waals surface area contributed by atoms with Crippen molar-refractivity contribution < 1.29 is 18.8 Å². The normalized spacial score (nSPS) is 14.3. The number of nitrogens with two attached hydrogens (primary N) is 1. The van der Waals surface area contributed by atoms with E-state index < -0.39 is 31.6 Å². The van der Waals surface area contributed by atoms with Crippen LogP contribution in [0.5, 0.6) is 0 Å². The quantitative estimate of drug-likeness (QED) is 0.685. The number of hydrogen-bond acceptors (Lipinski definition) is 6. The fourth-order valence-electron chi connectivity index (χ4n) is 1.26. The fourth-order valence-corrected chi connectivity index (χ4v) is 1.78. The highest BCUT2D eigenvalue weighted by Gasteiger charge is 2.14. The zero-order chi connectivity index (χ0) is 14.4. The van der Waals surface area contributed by atoms with Crippen molar-refractivity contribution in [2.75, 3.05) is 32.5 Å². The van der Waals surface area contributed by atoms with E-state index in [0.29, 0.717) is 6.35 Å². The van der Waals surface area contributed by atoms with Gasteiger partial charge in [0.25, 0.3) is 0 Å². The van der Waals surface area contributed by atoms with Crippen LogP contribution in [0.15, 0.2) is 11.0 Å². The van der Waals surface area contributed by atoms with Gasteiger partial charge in [-0.25, -0.2) is 9.18 Å². The van der Waals surface area contributed by atoms with E-state index in [1.165, 1.54) is 0 Å². The molecule has 7 nitrogen and oxygen atoms in total. The first-order valence-electron chi connectivity index (χ1n) is 5.48. The van der Waals surface area contributed by atoms with Gasteiger partial charge in [0.15, 0.2) is 11.6 Å². The highest BCUT2D eigenvalue weighted by Crippen LogP contribution is 2.30. The molecule has 1 heterocycles. The molecule has 0 aliphatic rings. The number of aromatic nitrogens is 2. The second-order valence-electron chi connectivity index (χ2n) is 3.82. The van der Waals surface area contributed by atoms with E-state index in [4.69, 9.17) is 15.0 Å². The van der Waals surface area contributed by atoms with Gasteiger partial charge in [-0.1, -0.05) is 0 Å². The smallest absolute Gasteiger partial charge is 0.349 e. The van der Waals surface area contributed by atoms with Crippen molar-refractivity contribution in [1.82, 2.24) is 9.55 Å². The minimum absolute atomic E-state index is 0.00752. The molecular weight excluding hydrogens is 276 g/mol. The van der Waals surface area contributed by atoms with Crippen LogP contribution >= 0.6 is 8.15 Å². The van der Waals surface area contributed by atoms with Crippen molar-refractivity contribution in [3.05, 3.63) is 22.5 Å². The van der Waals surface area contributed by atoms with Crippen LogP contribution in [-0.2, 0) is 15.8 Å². The summed E-state index contributed by atoms with van der Waals surface area (Å²) in [5, 5.41) is 9.17. The second-order valence-corrected chi connectivity index (χ2v) is 5.70. The zero-order valence-corrected chi connectivity index (χ0v) is 11.6. The van der Waals surface area contributed by atoms with E-state index in [0.717, 1.165) is 10.8 Å². The minimum Gasteiger partial charge on any atom is -0.394 e. The number of halogens is 1. The minimum atomic E-state index is -0.786. The largest absolute Gasteiger partial charge is 0.394 e. The topological polar surface area (TPSA) is 99.6 Å². The monoisotopic (exact) mass is 293 g/mol. The van der Waals surface area contributed by atoms with Gasteiger partial charge in [-0.3, -0.25) is 4.57 Å². The molecule has 0 aromatic carbocycles. The molecule has 9 heteroatoms. The second kappa shape index (κ2) is 7.49. The number of aliphatic hydroxyl groups excluding tert-OH is 1.